The van der Waals surface area contributed by atoms with Gasteiger partial charge in [-0.05, 0) is 5.22 Å². The van der Waals surface area contributed by atoms with Crippen LogP contribution in [0.15, 0.2) is 20.4 Å². The lowest BCUT2D eigenvalue weighted by molar-refractivity contribution is -0.113. The summed E-state index contributed by atoms with van der Waals surface area (Å²) in [6, 6.07) is 0. The van der Waals surface area contributed by atoms with Gasteiger partial charge in [-0.3, -0.25) is 4.79 Å². The van der Waals surface area contributed by atoms with Gasteiger partial charge < -0.3 is 10.8 Å². The van der Waals surface area contributed by atoms with Crippen LogP contribution in [0.2, 0.25) is 0 Å². The lowest BCUT2D eigenvalue weighted by Gasteiger charge is -2.07. The molecule has 1 atom stereocenters. The summed E-state index contributed by atoms with van der Waals surface area (Å²) < 4.78 is 0. The predicted molar refractivity (Wildman–Crippen MR) is 36.3 cm³/mol. The fraction of sp³-hybridized carbons (Fsp3) is 0.250. The second-order valence-corrected chi connectivity index (χ2v) is 1.82. The Morgan fingerprint density at radius 1 is 1.55 bits per heavy atom. The van der Waals surface area contributed by atoms with Crippen molar-refractivity contribution in [2.45, 2.75) is 6.17 Å². The topological polar surface area (TPSA) is 110 Å². The van der Waals surface area contributed by atoms with Crippen molar-refractivity contribution < 1.29 is 10.3 Å². The number of hydrogen-bond acceptors (Lipinski definition) is 5. The van der Waals surface area contributed by atoms with Crippen LogP contribution in [0.5, 0.6) is 0 Å². The summed E-state index contributed by atoms with van der Waals surface area (Å²) in [4.78, 5) is 14.6. The molecule has 1 unspecified atom stereocenters. The van der Waals surface area contributed by atoms with Gasteiger partial charge in [0.15, 0.2) is 5.71 Å². The van der Waals surface area contributed by atoms with Gasteiger partial charge in [0.1, 0.15) is 0 Å². The van der Waals surface area contributed by atoms with Crippen molar-refractivity contribution in [3.8, 4) is 0 Å². The van der Waals surface area contributed by atoms with E-state index < -0.39 is 6.17 Å². The van der Waals surface area contributed by atoms with Gasteiger partial charge in [-0.2, -0.15) is 0 Å². The molecule has 0 bridgehead atoms. The fourth-order valence-corrected chi connectivity index (χ4v) is 0.733. The number of nitrogens with zero attached hydrogens (tertiary/aromatic N) is 4. The average Bonchev–Trinajstić information content (AvgIpc) is 2.36. The monoisotopic (exact) mass is 155 g/mol. The van der Waals surface area contributed by atoms with Crippen molar-refractivity contribution in [3.05, 3.63) is 0 Å². The van der Waals surface area contributed by atoms with Gasteiger partial charge in [0.05, 0.1) is 6.34 Å². The number of nitrogens with one attached hydrogen (secondary N) is 1. The smallest absolute Gasteiger partial charge is 0.277 e. The molecule has 11 heavy (non-hydrogen) atoms. The van der Waals surface area contributed by atoms with Crippen LogP contribution in [-0.2, 0) is 4.79 Å². The van der Waals surface area contributed by atoms with E-state index >= 15 is 0 Å². The number of rotatable bonds is 0. The zero-order valence-corrected chi connectivity index (χ0v) is 5.35. The maximum atomic E-state index is 10.8. The second kappa shape index (κ2) is 2.54. The first-order valence-electron chi connectivity index (χ1n) is 2.68. The van der Waals surface area contributed by atoms with Crippen LogP contribution in [0.4, 0.5) is 0 Å². The molecule has 0 fully saturated rings. The van der Waals surface area contributed by atoms with Gasteiger partial charge in [-0.1, -0.05) is 0 Å². The minimum absolute atomic E-state index is 0. The molecule has 0 saturated heterocycles. The third kappa shape index (κ3) is 1.01. The van der Waals surface area contributed by atoms with Crippen LogP contribution in [-0.4, -0.2) is 29.6 Å². The van der Waals surface area contributed by atoms with Crippen LogP contribution >= 0.6 is 0 Å². The highest BCUT2D eigenvalue weighted by molar-refractivity contribution is 6.43. The number of carbonyl (C=O) groups is 1. The number of aliphatic imine (C=N–C) groups is 1. The Kier molecular flexibility index (Phi) is 1.73. The number of fused-ring (bicyclic) bond motifs is 1. The molecule has 0 aromatic rings. The Hall–Kier alpha value is -1.63. The van der Waals surface area contributed by atoms with Gasteiger partial charge in [0.2, 0.25) is 6.17 Å². The van der Waals surface area contributed by atoms with E-state index in [2.05, 4.69) is 25.7 Å². The summed E-state index contributed by atoms with van der Waals surface area (Å²) in [5.41, 5.74) is 0.266. The molecule has 2 aliphatic rings. The molecular formula is C4H5N5O2. The minimum Gasteiger partial charge on any atom is -0.412 e. The summed E-state index contributed by atoms with van der Waals surface area (Å²) >= 11 is 0. The molecule has 2 aliphatic heterocycles. The highest BCUT2D eigenvalue weighted by Crippen LogP contribution is 2.08. The third-order valence-electron chi connectivity index (χ3n) is 1.20. The molecule has 0 radical (unpaired) electrons. The number of carbonyl (C=O) groups excluding carboxylic acids is 1. The quantitative estimate of drug-likeness (QED) is 0.449. The van der Waals surface area contributed by atoms with Crippen molar-refractivity contribution in [2.75, 3.05) is 0 Å². The Balaban J connectivity index is 0.000000605. The maximum Gasteiger partial charge on any atom is 0.277 e. The molecule has 2 rings (SSSR count). The normalized spacial score (nSPS) is 25.3. The van der Waals surface area contributed by atoms with Gasteiger partial charge in [0.25, 0.3) is 5.91 Å². The minimum atomic E-state index is -0.492. The Morgan fingerprint density at radius 3 is 3.09 bits per heavy atom. The predicted octanol–water partition coefficient (Wildman–Crippen LogP) is -1.53. The van der Waals surface area contributed by atoms with Gasteiger partial charge >= 0.3 is 0 Å². The summed E-state index contributed by atoms with van der Waals surface area (Å²) in [5, 5.41) is 12.7. The molecule has 58 valence electrons. The maximum absolute atomic E-state index is 10.8. The third-order valence-corrected chi connectivity index (χ3v) is 1.20. The summed E-state index contributed by atoms with van der Waals surface area (Å²) in [6.07, 6.45) is 0.810. The highest BCUT2D eigenvalue weighted by atomic mass is 16.2. The summed E-state index contributed by atoms with van der Waals surface area (Å²) in [7, 11) is 0. The average molecular weight is 155 g/mol. The van der Waals surface area contributed by atoms with Crippen molar-refractivity contribution in [1.29, 1.82) is 0 Å². The van der Waals surface area contributed by atoms with Crippen molar-refractivity contribution in [2.24, 2.45) is 20.4 Å². The molecule has 1 amide bonds. The molecule has 0 aliphatic carbocycles. The van der Waals surface area contributed by atoms with Crippen molar-refractivity contribution in [1.82, 2.24) is 5.32 Å². The lowest BCUT2D eigenvalue weighted by Crippen LogP contribution is -2.39. The highest BCUT2D eigenvalue weighted by Gasteiger charge is 2.27. The first-order chi connectivity index (χ1) is 4.88. The van der Waals surface area contributed by atoms with Gasteiger partial charge in [-0.25, -0.2) is 4.99 Å². The van der Waals surface area contributed by atoms with E-state index in [4.69, 9.17) is 0 Å². The standard InChI is InChI=1S/C4H3N5O.H2O/c10-4-2-3(5-1-6-4)8-9-7-2;/h1,3H,(H,5,6,10);1H2. The SMILES string of the molecule is O.O=C1NC=NC2N=NN=C12. The van der Waals surface area contributed by atoms with E-state index in [1.807, 2.05) is 0 Å². The van der Waals surface area contributed by atoms with E-state index in [9.17, 15) is 4.79 Å². The van der Waals surface area contributed by atoms with Crippen molar-refractivity contribution in [3.63, 3.8) is 0 Å². The van der Waals surface area contributed by atoms with Crippen LogP contribution in [0.25, 0.3) is 0 Å². The van der Waals surface area contributed by atoms with Gasteiger partial charge in [0, 0.05) is 0 Å². The van der Waals surface area contributed by atoms with Crippen LogP contribution in [0.1, 0.15) is 0 Å². The molecule has 3 N–H and O–H groups in total. The summed E-state index contributed by atoms with van der Waals surface area (Å²) in [6.45, 7) is 0. The molecule has 2 heterocycles. The number of hydrogen-bond donors (Lipinski definition) is 1. The van der Waals surface area contributed by atoms with E-state index in [0.29, 0.717) is 0 Å². The van der Waals surface area contributed by atoms with Gasteiger partial charge in [-0.15, -0.1) is 10.2 Å². The zero-order chi connectivity index (χ0) is 6.97. The van der Waals surface area contributed by atoms with E-state index in [1.165, 1.54) is 6.34 Å². The van der Waals surface area contributed by atoms with Crippen LogP contribution < -0.4 is 5.32 Å². The molecule has 7 nitrogen and oxygen atoms in total. The first kappa shape index (κ1) is 7.48. The Labute approximate surface area is 61.2 Å². The molecule has 0 aromatic carbocycles. The molecule has 0 saturated carbocycles. The lowest BCUT2D eigenvalue weighted by atomic mass is 10.3. The zero-order valence-electron chi connectivity index (χ0n) is 5.35. The van der Waals surface area contributed by atoms with Crippen molar-refractivity contribution >= 4 is 18.0 Å². The molecule has 0 spiro atoms. The first-order valence-corrected chi connectivity index (χ1v) is 2.68. The fourth-order valence-electron chi connectivity index (χ4n) is 0.733. The van der Waals surface area contributed by atoms with E-state index in [0.717, 1.165) is 0 Å². The van der Waals surface area contributed by atoms with Crippen LogP contribution in [0, 0.1) is 0 Å². The molecule has 0 aromatic heterocycles. The number of amides is 1. The second-order valence-electron chi connectivity index (χ2n) is 1.82. The largest absolute Gasteiger partial charge is 0.412 e. The Bertz CT molecular complexity index is 268. The van der Waals surface area contributed by atoms with E-state index in [1.54, 1.807) is 0 Å². The summed E-state index contributed by atoms with van der Waals surface area (Å²) in [5.74, 6) is -0.273. The Morgan fingerprint density at radius 2 is 2.36 bits per heavy atom. The van der Waals surface area contributed by atoms with E-state index in [-0.39, 0.29) is 17.1 Å². The van der Waals surface area contributed by atoms with Crippen LogP contribution in [0.3, 0.4) is 0 Å². The molecular weight excluding hydrogens is 150 g/mol. The molecule has 7 heteroatoms.